The standard InChI is InChI=1S/C8H17NOS/c1-7(2)5-4-6-9(3)8(10)11/h7H,4-6H2,1-3H3,(H,10,11). The first kappa shape index (κ1) is 10.8. The summed E-state index contributed by atoms with van der Waals surface area (Å²) in [7, 11) is 1.77. The van der Waals surface area contributed by atoms with Crippen molar-refractivity contribution in [3.8, 4) is 0 Å². The molecule has 0 spiro atoms. The van der Waals surface area contributed by atoms with Crippen LogP contribution in [0.15, 0.2) is 0 Å². The summed E-state index contributed by atoms with van der Waals surface area (Å²) in [5, 5.41) is -0.145. The van der Waals surface area contributed by atoms with Gasteiger partial charge in [0, 0.05) is 13.6 Å². The van der Waals surface area contributed by atoms with Crippen molar-refractivity contribution in [3.05, 3.63) is 0 Å². The molecule has 0 aliphatic carbocycles. The molecule has 0 N–H and O–H groups in total. The lowest BCUT2D eigenvalue weighted by Crippen LogP contribution is -2.22. The van der Waals surface area contributed by atoms with Gasteiger partial charge in [-0.25, -0.2) is 0 Å². The Morgan fingerprint density at radius 2 is 2.09 bits per heavy atom. The predicted molar refractivity (Wildman–Crippen MR) is 51.1 cm³/mol. The molecule has 2 nitrogen and oxygen atoms in total. The molecule has 11 heavy (non-hydrogen) atoms. The van der Waals surface area contributed by atoms with Crippen LogP contribution < -0.4 is 0 Å². The SMILES string of the molecule is CC(C)CCCN(C)C(=O)S. The fourth-order valence-electron chi connectivity index (χ4n) is 0.832. The van der Waals surface area contributed by atoms with Gasteiger partial charge in [0.1, 0.15) is 0 Å². The van der Waals surface area contributed by atoms with Crippen LogP contribution in [0, 0.1) is 5.92 Å². The Morgan fingerprint density at radius 1 is 1.55 bits per heavy atom. The van der Waals surface area contributed by atoms with Crippen LogP contribution in [-0.2, 0) is 0 Å². The number of carbonyl (C=O) groups excluding carboxylic acids is 1. The van der Waals surface area contributed by atoms with Crippen LogP contribution in [-0.4, -0.2) is 23.7 Å². The number of hydrogen-bond donors (Lipinski definition) is 1. The fraction of sp³-hybridized carbons (Fsp3) is 0.875. The van der Waals surface area contributed by atoms with Crippen molar-refractivity contribution in [1.29, 1.82) is 0 Å². The van der Waals surface area contributed by atoms with Crippen molar-refractivity contribution in [2.45, 2.75) is 26.7 Å². The second-order valence-electron chi connectivity index (χ2n) is 3.24. The summed E-state index contributed by atoms with van der Waals surface area (Å²) < 4.78 is 0. The summed E-state index contributed by atoms with van der Waals surface area (Å²) in [5.74, 6) is 0.721. The van der Waals surface area contributed by atoms with Crippen LogP contribution in [0.1, 0.15) is 26.7 Å². The highest BCUT2D eigenvalue weighted by Crippen LogP contribution is 2.04. The molecule has 3 heteroatoms. The van der Waals surface area contributed by atoms with Crippen molar-refractivity contribution in [2.24, 2.45) is 5.92 Å². The number of nitrogens with zero attached hydrogens (tertiary/aromatic N) is 1. The normalized spacial score (nSPS) is 10.3. The molecule has 0 bridgehead atoms. The van der Waals surface area contributed by atoms with Gasteiger partial charge < -0.3 is 4.90 Å². The van der Waals surface area contributed by atoms with Crippen molar-refractivity contribution in [3.63, 3.8) is 0 Å². The lowest BCUT2D eigenvalue weighted by atomic mass is 10.1. The summed E-state index contributed by atoms with van der Waals surface area (Å²) in [5.41, 5.74) is 0. The van der Waals surface area contributed by atoms with Crippen LogP contribution in [0.2, 0.25) is 0 Å². The van der Waals surface area contributed by atoms with E-state index in [1.807, 2.05) is 0 Å². The number of rotatable bonds is 4. The van der Waals surface area contributed by atoms with Gasteiger partial charge in [-0.05, 0) is 18.8 Å². The molecule has 0 unspecified atom stereocenters. The van der Waals surface area contributed by atoms with E-state index in [2.05, 4.69) is 26.5 Å². The lowest BCUT2D eigenvalue weighted by Gasteiger charge is -2.14. The summed E-state index contributed by atoms with van der Waals surface area (Å²) in [6.45, 7) is 5.19. The molecule has 0 rings (SSSR count). The largest absolute Gasteiger partial charge is 0.337 e. The number of hydrogen-bond acceptors (Lipinski definition) is 1. The second-order valence-corrected chi connectivity index (χ2v) is 3.62. The van der Waals surface area contributed by atoms with Gasteiger partial charge in [-0.3, -0.25) is 4.79 Å². The third-order valence-corrected chi connectivity index (χ3v) is 1.94. The van der Waals surface area contributed by atoms with E-state index in [4.69, 9.17) is 0 Å². The molecule has 0 saturated carbocycles. The van der Waals surface area contributed by atoms with Crippen LogP contribution in [0.5, 0.6) is 0 Å². The van der Waals surface area contributed by atoms with Gasteiger partial charge in [-0.1, -0.05) is 26.5 Å². The Kier molecular flexibility index (Phi) is 5.38. The maximum Gasteiger partial charge on any atom is 0.278 e. The van der Waals surface area contributed by atoms with E-state index in [0.29, 0.717) is 0 Å². The maximum absolute atomic E-state index is 10.6. The van der Waals surface area contributed by atoms with Crippen LogP contribution in [0.3, 0.4) is 0 Å². The zero-order chi connectivity index (χ0) is 8.85. The minimum Gasteiger partial charge on any atom is -0.337 e. The Morgan fingerprint density at radius 3 is 2.45 bits per heavy atom. The topological polar surface area (TPSA) is 20.3 Å². The van der Waals surface area contributed by atoms with E-state index in [-0.39, 0.29) is 5.24 Å². The molecule has 0 aromatic carbocycles. The predicted octanol–water partition coefficient (Wildman–Crippen LogP) is 2.40. The highest BCUT2D eigenvalue weighted by Gasteiger charge is 2.02. The van der Waals surface area contributed by atoms with Gasteiger partial charge >= 0.3 is 0 Å². The average molecular weight is 175 g/mol. The molecule has 0 fully saturated rings. The van der Waals surface area contributed by atoms with Crippen LogP contribution in [0.25, 0.3) is 0 Å². The van der Waals surface area contributed by atoms with Gasteiger partial charge in [-0.2, -0.15) is 0 Å². The van der Waals surface area contributed by atoms with Crippen LogP contribution in [0.4, 0.5) is 4.79 Å². The molecule has 0 aliphatic rings. The van der Waals surface area contributed by atoms with E-state index in [1.54, 1.807) is 11.9 Å². The lowest BCUT2D eigenvalue weighted by molar-refractivity contribution is 0.232. The van der Waals surface area contributed by atoms with Gasteiger partial charge in [0.25, 0.3) is 5.24 Å². The third kappa shape index (κ3) is 6.23. The minimum atomic E-state index is -0.145. The number of thiol groups is 1. The summed E-state index contributed by atoms with van der Waals surface area (Å²) >= 11 is 3.70. The van der Waals surface area contributed by atoms with Crippen molar-refractivity contribution in [1.82, 2.24) is 4.90 Å². The molecule has 0 aromatic heterocycles. The molecular formula is C8H17NOS. The molecule has 0 saturated heterocycles. The van der Waals surface area contributed by atoms with E-state index < -0.39 is 0 Å². The van der Waals surface area contributed by atoms with Crippen LogP contribution >= 0.6 is 12.6 Å². The molecule has 0 aliphatic heterocycles. The first-order valence-electron chi connectivity index (χ1n) is 3.98. The van der Waals surface area contributed by atoms with E-state index >= 15 is 0 Å². The maximum atomic E-state index is 10.6. The minimum absolute atomic E-state index is 0.145. The molecule has 0 aromatic rings. The Labute approximate surface area is 74.4 Å². The first-order chi connectivity index (χ1) is 5.04. The van der Waals surface area contributed by atoms with Gasteiger partial charge in [0.2, 0.25) is 0 Å². The summed E-state index contributed by atoms with van der Waals surface area (Å²) in [6.07, 6.45) is 2.24. The van der Waals surface area contributed by atoms with Crippen molar-refractivity contribution < 1.29 is 4.79 Å². The number of carbonyl (C=O) groups is 1. The molecular weight excluding hydrogens is 158 g/mol. The van der Waals surface area contributed by atoms with E-state index in [0.717, 1.165) is 18.9 Å². The summed E-state index contributed by atoms with van der Waals surface area (Å²) in [4.78, 5) is 12.2. The number of amides is 1. The van der Waals surface area contributed by atoms with E-state index in [9.17, 15) is 4.79 Å². The Hall–Kier alpha value is -0.180. The van der Waals surface area contributed by atoms with Gasteiger partial charge in [0.15, 0.2) is 0 Å². The molecule has 0 atom stereocenters. The van der Waals surface area contributed by atoms with E-state index in [1.165, 1.54) is 6.42 Å². The molecule has 66 valence electrons. The fourth-order valence-corrected chi connectivity index (χ4v) is 0.932. The van der Waals surface area contributed by atoms with Crippen molar-refractivity contribution >= 4 is 17.9 Å². The quantitative estimate of drug-likeness (QED) is 0.651. The highest BCUT2D eigenvalue weighted by molar-refractivity contribution is 7.96. The van der Waals surface area contributed by atoms with Crippen molar-refractivity contribution in [2.75, 3.05) is 13.6 Å². The Bertz CT molecular complexity index is 125. The molecule has 0 heterocycles. The second kappa shape index (κ2) is 5.47. The van der Waals surface area contributed by atoms with Gasteiger partial charge in [-0.15, -0.1) is 0 Å². The Balaban J connectivity index is 3.31. The third-order valence-electron chi connectivity index (χ3n) is 1.60. The molecule has 0 radical (unpaired) electrons. The van der Waals surface area contributed by atoms with Gasteiger partial charge in [0.05, 0.1) is 0 Å². The first-order valence-corrected chi connectivity index (χ1v) is 4.42. The zero-order valence-corrected chi connectivity index (χ0v) is 8.40. The monoisotopic (exact) mass is 175 g/mol. The highest BCUT2D eigenvalue weighted by atomic mass is 32.1. The zero-order valence-electron chi connectivity index (χ0n) is 7.50. The summed E-state index contributed by atoms with van der Waals surface area (Å²) in [6, 6.07) is 0. The average Bonchev–Trinajstić information content (AvgIpc) is 1.86. The smallest absolute Gasteiger partial charge is 0.278 e. The molecule has 1 amide bonds.